The van der Waals surface area contributed by atoms with Crippen LogP contribution in [0.1, 0.15) is 20.3 Å². The van der Waals surface area contributed by atoms with Crippen LogP contribution in [0.3, 0.4) is 0 Å². The maximum Gasteiger partial charge on any atom is 0.379 e. The van der Waals surface area contributed by atoms with Gasteiger partial charge in [0.25, 0.3) is 0 Å². The third-order valence-corrected chi connectivity index (χ3v) is 3.34. The van der Waals surface area contributed by atoms with Crippen molar-refractivity contribution in [2.45, 2.75) is 26.9 Å². The van der Waals surface area contributed by atoms with E-state index in [1.54, 1.807) is 38.6 Å². The van der Waals surface area contributed by atoms with E-state index < -0.39 is 30.0 Å². The maximum absolute atomic E-state index is 11.1. The summed E-state index contributed by atoms with van der Waals surface area (Å²) in [6.07, 6.45) is 10.1. The average molecular weight is 348 g/mol. The average Bonchev–Trinajstić information content (AvgIpc) is 3.05. The first kappa shape index (κ1) is 21.4. The molecule has 24 heavy (non-hydrogen) atoms. The normalized spacial score (nSPS) is 21.8. The monoisotopic (exact) mass is 348 g/mol. The van der Waals surface area contributed by atoms with Crippen molar-refractivity contribution in [3.05, 3.63) is 42.5 Å². The number of hydrogen-bond donors (Lipinski definition) is 3. The molecule has 0 saturated carbocycles. The summed E-state index contributed by atoms with van der Waals surface area (Å²) in [6, 6.07) is 0. The number of halogens is 3. The molecule has 1 aliphatic carbocycles. The molecule has 6 nitrogen and oxygen atoms in total. The lowest BCUT2D eigenvalue weighted by Gasteiger charge is -2.33. The van der Waals surface area contributed by atoms with Gasteiger partial charge < -0.3 is 15.2 Å². The molecule has 0 aromatic carbocycles. The highest BCUT2D eigenvalue weighted by Crippen LogP contribution is 2.39. The molecule has 1 heterocycles. The lowest BCUT2D eigenvalue weighted by molar-refractivity contribution is -0.147. The van der Waals surface area contributed by atoms with E-state index in [2.05, 4.69) is 9.97 Å². The first-order chi connectivity index (χ1) is 11.2. The fraction of sp³-hybridized carbons (Fsp3) is 0.400. The Kier molecular flexibility index (Phi) is 9.14. The van der Waals surface area contributed by atoms with Crippen molar-refractivity contribution in [3.63, 3.8) is 0 Å². The molecule has 0 aliphatic heterocycles. The second kappa shape index (κ2) is 10.2. The highest BCUT2D eigenvalue weighted by molar-refractivity contribution is 5.91. The molecule has 3 N–H and O–H groups in total. The topological polar surface area (TPSA) is 103 Å². The summed E-state index contributed by atoms with van der Waals surface area (Å²) in [6.45, 7) is -0.322. The lowest BCUT2D eigenvalue weighted by atomic mass is 9.69. The van der Waals surface area contributed by atoms with E-state index in [9.17, 15) is 22.8 Å². The van der Waals surface area contributed by atoms with Crippen molar-refractivity contribution in [1.29, 1.82) is 0 Å². The Morgan fingerprint density at radius 2 is 1.96 bits per heavy atom. The van der Waals surface area contributed by atoms with Crippen molar-refractivity contribution in [1.82, 2.24) is 9.97 Å². The fourth-order valence-corrected chi connectivity index (χ4v) is 2.21. The van der Waals surface area contributed by atoms with E-state index in [1.165, 1.54) is 12.2 Å². The molecule has 0 bridgehead atoms. The third-order valence-electron chi connectivity index (χ3n) is 3.34. The molecule has 0 radical (unpaired) electrons. The highest BCUT2D eigenvalue weighted by Gasteiger charge is 2.43. The number of nitrogens with one attached hydrogen (secondary N) is 1. The van der Waals surface area contributed by atoms with Crippen molar-refractivity contribution >= 4 is 11.9 Å². The summed E-state index contributed by atoms with van der Waals surface area (Å²) in [5.41, 5.74) is -0.943. The number of nitrogens with zero attached hydrogens (tertiary/aromatic N) is 1. The minimum Gasteiger partial charge on any atom is -0.481 e. The Morgan fingerprint density at radius 1 is 1.38 bits per heavy atom. The molecule has 1 aromatic rings. The summed E-state index contributed by atoms with van der Waals surface area (Å²) < 4.78 is 29.0. The second-order valence-electron chi connectivity index (χ2n) is 4.84. The van der Waals surface area contributed by atoms with Gasteiger partial charge in [0.1, 0.15) is 0 Å². The molecular formula is C15H19F3N2O4. The van der Waals surface area contributed by atoms with E-state index in [1.807, 2.05) is 0 Å². The number of imidazole rings is 1. The predicted octanol–water partition coefficient (Wildman–Crippen LogP) is 3.27. The minimum atomic E-state index is -3.67. The summed E-state index contributed by atoms with van der Waals surface area (Å²) in [4.78, 5) is 28.5. The quantitative estimate of drug-likeness (QED) is 0.778. The van der Waals surface area contributed by atoms with Crippen LogP contribution < -0.4 is 0 Å². The summed E-state index contributed by atoms with van der Waals surface area (Å²) >= 11 is 0. The van der Waals surface area contributed by atoms with Crippen LogP contribution in [0.5, 0.6) is 0 Å². The van der Waals surface area contributed by atoms with Crippen LogP contribution in [-0.4, -0.2) is 38.8 Å². The summed E-state index contributed by atoms with van der Waals surface area (Å²) in [7, 11) is 0. The Balaban J connectivity index is 0.000000478. The third kappa shape index (κ3) is 6.67. The van der Waals surface area contributed by atoms with Gasteiger partial charge in [-0.05, 0) is 13.3 Å². The van der Waals surface area contributed by atoms with Crippen LogP contribution in [-0.2, 0) is 9.59 Å². The summed E-state index contributed by atoms with van der Waals surface area (Å²) in [5.74, 6) is -2.51. The number of rotatable bonds is 3. The molecular weight excluding hydrogens is 329 g/mol. The molecule has 0 fully saturated rings. The Labute approximate surface area is 136 Å². The highest BCUT2D eigenvalue weighted by atomic mass is 19.4. The standard InChI is InChI=1S/C11H14O4.C3H4N2.CHF3/c1-3-8-7(9(12)13)5-4-6-11(8,2)10(14)15;1-2-5-3-4-1;2-1(3)4/h4-6,8H,3H2,1-2H3,(H,12,13)(H,14,15);1-3H,(H,4,5);1H. The summed E-state index contributed by atoms with van der Waals surface area (Å²) in [5, 5.41) is 18.1. The van der Waals surface area contributed by atoms with Gasteiger partial charge in [-0.1, -0.05) is 25.2 Å². The van der Waals surface area contributed by atoms with Crippen LogP contribution in [0, 0.1) is 11.3 Å². The Hall–Kier alpha value is -2.58. The van der Waals surface area contributed by atoms with E-state index in [0.29, 0.717) is 6.42 Å². The van der Waals surface area contributed by atoms with Gasteiger partial charge in [-0.2, -0.15) is 13.2 Å². The largest absolute Gasteiger partial charge is 0.481 e. The Morgan fingerprint density at radius 3 is 2.25 bits per heavy atom. The minimum absolute atomic E-state index is 0.171. The van der Waals surface area contributed by atoms with Gasteiger partial charge in [0.15, 0.2) is 0 Å². The number of aliphatic carboxylic acids is 2. The van der Waals surface area contributed by atoms with E-state index >= 15 is 0 Å². The van der Waals surface area contributed by atoms with Gasteiger partial charge >= 0.3 is 18.6 Å². The Bertz CT molecular complexity index is 553. The molecule has 134 valence electrons. The maximum atomic E-state index is 11.1. The van der Waals surface area contributed by atoms with Crippen LogP contribution in [0.15, 0.2) is 42.5 Å². The zero-order valence-electron chi connectivity index (χ0n) is 13.1. The SMILES string of the molecule is CCC1C(C(=O)O)=CC=CC1(C)C(=O)O.FC(F)F.c1c[nH]cn1. The van der Waals surface area contributed by atoms with Gasteiger partial charge in [0.05, 0.1) is 11.7 Å². The van der Waals surface area contributed by atoms with Gasteiger partial charge in [-0.3, -0.25) is 4.79 Å². The smallest absolute Gasteiger partial charge is 0.379 e. The number of carboxylic acids is 2. The van der Waals surface area contributed by atoms with Gasteiger partial charge in [0.2, 0.25) is 0 Å². The van der Waals surface area contributed by atoms with Gasteiger partial charge in [-0.15, -0.1) is 0 Å². The van der Waals surface area contributed by atoms with Gasteiger partial charge in [-0.25, -0.2) is 9.78 Å². The van der Waals surface area contributed by atoms with Crippen LogP contribution in [0.4, 0.5) is 13.2 Å². The second-order valence-corrected chi connectivity index (χ2v) is 4.84. The zero-order valence-corrected chi connectivity index (χ0v) is 13.1. The number of alkyl halides is 3. The van der Waals surface area contributed by atoms with E-state index in [0.717, 1.165) is 0 Å². The molecule has 9 heteroatoms. The molecule has 0 amide bonds. The van der Waals surface area contributed by atoms with E-state index in [-0.39, 0.29) is 5.57 Å². The first-order valence-corrected chi connectivity index (χ1v) is 6.87. The van der Waals surface area contributed by atoms with Gasteiger partial charge in [0, 0.05) is 23.9 Å². The number of carbonyl (C=O) groups is 2. The number of aromatic nitrogens is 2. The number of H-pyrrole nitrogens is 1. The molecule has 0 spiro atoms. The number of hydrogen-bond acceptors (Lipinski definition) is 3. The van der Waals surface area contributed by atoms with Crippen LogP contribution in [0.2, 0.25) is 0 Å². The number of allylic oxidation sites excluding steroid dienone is 2. The zero-order chi connectivity index (χ0) is 18.8. The van der Waals surface area contributed by atoms with Crippen LogP contribution >= 0.6 is 0 Å². The fourth-order valence-electron chi connectivity index (χ4n) is 2.21. The molecule has 2 unspecified atom stereocenters. The van der Waals surface area contributed by atoms with Crippen molar-refractivity contribution in [2.24, 2.45) is 11.3 Å². The molecule has 1 aromatic heterocycles. The van der Waals surface area contributed by atoms with Crippen molar-refractivity contribution in [3.8, 4) is 0 Å². The predicted molar refractivity (Wildman–Crippen MR) is 80.1 cm³/mol. The van der Waals surface area contributed by atoms with Crippen molar-refractivity contribution in [2.75, 3.05) is 0 Å². The molecule has 2 atom stereocenters. The van der Waals surface area contributed by atoms with E-state index in [4.69, 9.17) is 10.2 Å². The molecule has 1 aliphatic rings. The lowest BCUT2D eigenvalue weighted by Crippen LogP contribution is -2.38. The molecule has 2 rings (SSSR count). The van der Waals surface area contributed by atoms with Crippen molar-refractivity contribution < 1.29 is 33.0 Å². The molecule has 0 saturated heterocycles. The first-order valence-electron chi connectivity index (χ1n) is 6.87. The number of aromatic amines is 1. The van der Waals surface area contributed by atoms with Crippen LogP contribution in [0.25, 0.3) is 0 Å². The number of carboxylic acid groups (broad SMARTS) is 2.